The summed E-state index contributed by atoms with van der Waals surface area (Å²) in [4.78, 5) is 26.8. The number of carbonyl (C=O) groups excluding carboxylic acids is 2. The predicted molar refractivity (Wildman–Crippen MR) is 99.3 cm³/mol. The molecule has 2 amide bonds. The number of benzene rings is 2. The van der Waals surface area contributed by atoms with E-state index in [1.165, 1.54) is 16.7 Å². The Morgan fingerprint density at radius 3 is 2.46 bits per heavy atom. The van der Waals surface area contributed by atoms with Crippen LogP contribution in [0, 0.1) is 13.8 Å². The first-order valence-corrected chi connectivity index (χ1v) is 8.74. The highest BCUT2D eigenvalue weighted by molar-refractivity contribution is 8.00. The summed E-state index contributed by atoms with van der Waals surface area (Å²) in [6, 6.07) is 15.5. The summed E-state index contributed by atoms with van der Waals surface area (Å²) in [5, 5.41) is 2.87. The van der Waals surface area contributed by atoms with E-state index in [1.807, 2.05) is 62.4 Å². The molecule has 0 aliphatic heterocycles. The zero-order chi connectivity index (χ0) is 17.5. The van der Waals surface area contributed by atoms with Crippen LogP contribution in [0.3, 0.4) is 0 Å². The summed E-state index contributed by atoms with van der Waals surface area (Å²) in [6.45, 7) is 4.01. The van der Waals surface area contributed by atoms with Crippen molar-refractivity contribution in [1.82, 2.24) is 4.90 Å². The smallest absolute Gasteiger partial charge is 0.243 e. The zero-order valence-electron chi connectivity index (χ0n) is 14.2. The van der Waals surface area contributed by atoms with E-state index in [1.54, 1.807) is 7.05 Å². The van der Waals surface area contributed by atoms with Crippen molar-refractivity contribution >= 4 is 29.3 Å². The highest BCUT2D eigenvalue weighted by Gasteiger charge is 2.14. The summed E-state index contributed by atoms with van der Waals surface area (Å²) in [5.41, 5.74) is 2.95. The molecule has 0 aromatic heterocycles. The van der Waals surface area contributed by atoms with Gasteiger partial charge in [0.05, 0.1) is 12.3 Å². The SMILES string of the molecule is Cc1cccc(NC(=O)CN(C)C(=O)CSc2ccccc2)c1C. The van der Waals surface area contributed by atoms with Gasteiger partial charge in [0.25, 0.3) is 0 Å². The topological polar surface area (TPSA) is 49.4 Å². The molecule has 0 heterocycles. The van der Waals surface area contributed by atoms with Gasteiger partial charge >= 0.3 is 0 Å². The summed E-state index contributed by atoms with van der Waals surface area (Å²) in [5.74, 6) is 0.0568. The van der Waals surface area contributed by atoms with Crippen LogP contribution in [0.25, 0.3) is 0 Å². The van der Waals surface area contributed by atoms with Crippen molar-refractivity contribution in [3.63, 3.8) is 0 Å². The van der Waals surface area contributed by atoms with Crippen molar-refractivity contribution in [3.8, 4) is 0 Å². The van der Waals surface area contributed by atoms with Crippen LogP contribution >= 0.6 is 11.8 Å². The molecule has 0 aliphatic rings. The fraction of sp³-hybridized carbons (Fsp3) is 0.263. The molecule has 4 nitrogen and oxygen atoms in total. The molecule has 2 aromatic rings. The maximum atomic E-state index is 12.2. The molecular formula is C19H22N2O2S. The summed E-state index contributed by atoms with van der Waals surface area (Å²) < 4.78 is 0. The molecule has 0 atom stereocenters. The molecule has 24 heavy (non-hydrogen) atoms. The van der Waals surface area contributed by atoms with Gasteiger partial charge in [-0.1, -0.05) is 30.3 Å². The van der Waals surface area contributed by atoms with Crippen molar-refractivity contribution in [3.05, 3.63) is 59.7 Å². The first kappa shape index (κ1) is 18.1. The summed E-state index contributed by atoms with van der Waals surface area (Å²) >= 11 is 1.47. The lowest BCUT2D eigenvalue weighted by Gasteiger charge is -2.17. The second kappa shape index (κ2) is 8.55. The normalized spacial score (nSPS) is 10.3. The molecule has 0 unspecified atom stereocenters. The van der Waals surface area contributed by atoms with Crippen LogP contribution < -0.4 is 5.32 Å². The third-order valence-electron chi connectivity index (χ3n) is 3.79. The molecular weight excluding hydrogens is 320 g/mol. The number of amides is 2. The molecule has 126 valence electrons. The van der Waals surface area contributed by atoms with Crippen LogP contribution in [0.4, 0.5) is 5.69 Å². The van der Waals surface area contributed by atoms with Gasteiger partial charge in [0, 0.05) is 17.6 Å². The van der Waals surface area contributed by atoms with Gasteiger partial charge in [0.1, 0.15) is 0 Å². The molecule has 5 heteroatoms. The van der Waals surface area contributed by atoms with Gasteiger partial charge in [-0.2, -0.15) is 0 Å². The van der Waals surface area contributed by atoms with E-state index in [9.17, 15) is 9.59 Å². The first-order chi connectivity index (χ1) is 11.5. The number of hydrogen-bond acceptors (Lipinski definition) is 3. The van der Waals surface area contributed by atoms with E-state index in [2.05, 4.69) is 5.32 Å². The maximum absolute atomic E-state index is 12.2. The summed E-state index contributed by atoms with van der Waals surface area (Å²) in [6.07, 6.45) is 0. The molecule has 0 radical (unpaired) electrons. The highest BCUT2D eigenvalue weighted by Crippen LogP contribution is 2.18. The Morgan fingerprint density at radius 2 is 1.75 bits per heavy atom. The molecule has 0 spiro atoms. The van der Waals surface area contributed by atoms with Crippen molar-refractivity contribution in [1.29, 1.82) is 0 Å². The minimum Gasteiger partial charge on any atom is -0.336 e. The standard InChI is InChI=1S/C19H22N2O2S/c1-14-8-7-11-17(15(14)2)20-18(22)12-21(3)19(23)13-24-16-9-5-4-6-10-16/h4-11H,12-13H2,1-3H3,(H,20,22). The molecule has 0 aliphatic carbocycles. The lowest BCUT2D eigenvalue weighted by Crippen LogP contribution is -2.36. The quantitative estimate of drug-likeness (QED) is 0.818. The fourth-order valence-corrected chi connectivity index (χ4v) is 3.01. The van der Waals surface area contributed by atoms with E-state index in [-0.39, 0.29) is 18.4 Å². The van der Waals surface area contributed by atoms with Crippen LogP contribution in [-0.4, -0.2) is 36.1 Å². The Bertz CT molecular complexity index is 717. The molecule has 0 bridgehead atoms. The third kappa shape index (κ3) is 5.13. The maximum Gasteiger partial charge on any atom is 0.243 e. The van der Waals surface area contributed by atoms with E-state index in [0.29, 0.717) is 5.75 Å². The fourth-order valence-electron chi connectivity index (χ4n) is 2.15. The van der Waals surface area contributed by atoms with Crippen molar-refractivity contribution < 1.29 is 9.59 Å². The van der Waals surface area contributed by atoms with E-state index >= 15 is 0 Å². The molecule has 0 saturated carbocycles. The van der Waals surface area contributed by atoms with Gasteiger partial charge in [0.2, 0.25) is 11.8 Å². The van der Waals surface area contributed by atoms with Crippen LogP contribution in [0.15, 0.2) is 53.4 Å². The Hall–Kier alpha value is -2.27. The predicted octanol–water partition coefficient (Wildman–Crippen LogP) is 3.49. The Morgan fingerprint density at radius 1 is 1.04 bits per heavy atom. The van der Waals surface area contributed by atoms with Gasteiger partial charge in [-0.15, -0.1) is 11.8 Å². The molecule has 0 fully saturated rings. The molecule has 2 aromatic carbocycles. The molecule has 0 saturated heterocycles. The van der Waals surface area contributed by atoms with E-state index in [0.717, 1.165) is 21.7 Å². The second-order valence-corrected chi connectivity index (χ2v) is 6.70. The molecule has 2 rings (SSSR count). The second-order valence-electron chi connectivity index (χ2n) is 5.65. The summed E-state index contributed by atoms with van der Waals surface area (Å²) in [7, 11) is 1.65. The average molecular weight is 342 g/mol. The lowest BCUT2D eigenvalue weighted by molar-refractivity contribution is -0.131. The number of hydrogen-bond donors (Lipinski definition) is 1. The van der Waals surface area contributed by atoms with E-state index in [4.69, 9.17) is 0 Å². The zero-order valence-corrected chi connectivity index (χ0v) is 15.0. The van der Waals surface area contributed by atoms with Crippen LogP contribution in [0.1, 0.15) is 11.1 Å². The number of carbonyl (C=O) groups is 2. The minimum absolute atomic E-state index is 0.0432. The number of nitrogens with zero attached hydrogens (tertiary/aromatic N) is 1. The van der Waals surface area contributed by atoms with Crippen molar-refractivity contribution in [2.45, 2.75) is 18.7 Å². The number of aryl methyl sites for hydroxylation is 1. The number of nitrogens with one attached hydrogen (secondary N) is 1. The number of likely N-dealkylation sites (N-methyl/N-ethyl adjacent to an activating group) is 1. The Balaban J connectivity index is 1.84. The van der Waals surface area contributed by atoms with E-state index < -0.39 is 0 Å². The van der Waals surface area contributed by atoms with Gasteiger partial charge in [-0.05, 0) is 43.2 Å². The number of anilines is 1. The van der Waals surface area contributed by atoms with Gasteiger partial charge in [-0.3, -0.25) is 9.59 Å². The van der Waals surface area contributed by atoms with Crippen LogP contribution in [0.2, 0.25) is 0 Å². The van der Waals surface area contributed by atoms with Gasteiger partial charge in [-0.25, -0.2) is 0 Å². The van der Waals surface area contributed by atoms with Crippen molar-refractivity contribution in [2.75, 3.05) is 24.7 Å². The molecule has 1 N–H and O–H groups in total. The minimum atomic E-state index is -0.190. The first-order valence-electron chi connectivity index (χ1n) is 7.75. The van der Waals surface area contributed by atoms with Gasteiger partial charge < -0.3 is 10.2 Å². The van der Waals surface area contributed by atoms with Crippen molar-refractivity contribution in [2.24, 2.45) is 0 Å². The average Bonchev–Trinajstić information content (AvgIpc) is 2.57. The lowest BCUT2D eigenvalue weighted by atomic mass is 10.1. The number of thioether (sulfide) groups is 1. The third-order valence-corrected chi connectivity index (χ3v) is 4.79. The number of rotatable bonds is 6. The van der Waals surface area contributed by atoms with Crippen LogP contribution in [0.5, 0.6) is 0 Å². The van der Waals surface area contributed by atoms with Gasteiger partial charge in [0.15, 0.2) is 0 Å². The Kier molecular flexibility index (Phi) is 6.44. The Labute approximate surface area is 147 Å². The largest absolute Gasteiger partial charge is 0.336 e. The monoisotopic (exact) mass is 342 g/mol. The highest BCUT2D eigenvalue weighted by atomic mass is 32.2. The van der Waals surface area contributed by atoms with Crippen LogP contribution in [-0.2, 0) is 9.59 Å².